The van der Waals surface area contributed by atoms with Crippen molar-refractivity contribution in [3.8, 4) is 0 Å². The maximum atomic E-state index is 4.74. The smallest absolute Gasteiger partial charge is 0.0755 e. The summed E-state index contributed by atoms with van der Waals surface area (Å²) < 4.78 is 0. The highest BCUT2D eigenvalue weighted by atomic mass is 15.0. The summed E-state index contributed by atoms with van der Waals surface area (Å²) in [6.07, 6.45) is 0. The van der Waals surface area contributed by atoms with Crippen molar-refractivity contribution in [1.29, 1.82) is 0 Å². The van der Waals surface area contributed by atoms with Gasteiger partial charge in [0.15, 0.2) is 0 Å². The summed E-state index contributed by atoms with van der Waals surface area (Å²) in [7, 11) is 0. The Bertz CT molecular complexity index is 643. The lowest BCUT2D eigenvalue weighted by Crippen LogP contribution is -2.39. The molecule has 0 aliphatic rings. The molecule has 0 amide bonds. The van der Waals surface area contributed by atoms with Crippen LogP contribution in [-0.2, 0) is 5.41 Å². The lowest BCUT2D eigenvalue weighted by atomic mass is 9.86. The van der Waals surface area contributed by atoms with Gasteiger partial charge in [-0.25, -0.2) is 0 Å². The number of nitrogens with zero attached hydrogens (tertiary/aromatic N) is 1. The van der Waals surface area contributed by atoms with E-state index in [1.165, 1.54) is 11.1 Å². The second-order valence-electron chi connectivity index (χ2n) is 8.40. The fourth-order valence-electron chi connectivity index (χ4n) is 2.66. The van der Waals surface area contributed by atoms with E-state index in [1.807, 2.05) is 13.0 Å². The third-order valence-corrected chi connectivity index (χ3v) is 3.89. The van der Waals surface area contributed by atoms with Gasteiger partial charge in [0.1, 0.15) is 0 Å². The average molecular weight is 310 g/mol. The number of aromatic nitrogens is 1. The van der Waals surface area contributed by atoms with Crippen LogP contribution in [0, 0.1) is 6.92 Å². The molecule has 1 atom stereocenters. The van der Waals surface area contributed by atoms with E-state index in [0.29, 0.717) is 0 Å². The number of pyridine rings is 1. The molecule has 0 radical (unpaired) electrons. The van der Waals surface area contributed by atoms with Crippen molar-refractivity contribution in [3.05, 3.63) is 65.0 Å². The van der Waals surface area contributed by atoms with Crippen LogP contribution in [0.4, 0.5) is 0 Å². The molecule has 0 aliphatic heterocycles. The first kappa shape index (κ1) is 17.7. The monoisotopic (exact) mass is 310 g/mol. The van der Waals surface area contributed by atoms with Crippen LogP contribution >= 0.6 is 0 Å². The molecule has 2 aromatic rings. The van der Waals surface area contributed by atoms with Gasteiger partial charge in [0, 0.05) is 11.2 Å². The van der Waals surface area contributed by atoms with Crippen molar-refractivity contribution < 1.29 is 0 Å². The summed E-state index contributed by atoms with van der Waals surface area (Å²) in [6.45, 7) is 15.4. The molecule has 0 aliphatic carbocycles. The zero-order chi connectivity index (χ0) is 17.3. The number of nitrogens with one attached hydrogen (secondary N) is 1. The van der Waals surface area contributed by atoms with Gasteiger partial charge in [0.05, 0.1) is 11.7 Å². The lowest BCUT2D eigenvalue weighted by Gasteiger charge is -2.29. The second kappa shape index (κ2) is 6.45. The maximum Gasteiger partial charge on any atom is 0.0755 e. The molecule has 124 valence electrons. The van der Waals surface area contributed by atoms with Gasteiger partial charge in [-0.05, 0) is 56.4 Å². The van der Waals surface area contributed by atoms with Crippen molar-refractivity contribution >= 4 is 0 Å². The molecule has 1 heterocycles. The van der Waals surface area contributed by atoms with E-state index < -0.39 is 0 Å². The number of aryl methyl sites for hydroxylation is 1. The number of hydrogen-bond acceptors (Lipinski definition) is 2. The predicted octanol–water partition coefficient (Wildman–Crippen LogP) is 5.17. The summed E-state index contributed by atoms with van der Waals surface area (Å²) in [5.41, 5.74) is 4.92. The molecule has 0 fully saturated rings. The first-order valence-corrected chi connectivity index (χ1v) is 8.38. The standard InChI is InChI=1S/C21H30N2/c1-15-9-8-10-18(22-15)19(23-21(5,6)7)16-11-13-17(14-12-16)20(2,3)4/h8-14,19,23H,1-7H3/t19-/m0/s1. The molecular formula is C21H30N2. The van der Waals surface area contributed by atoms with Crippen LogP contribution in [0.15, 0.2) is 42.5 Å². The van der Waals surface area contributed by atoms with Crippen LogP contribution in [0.5, 0.6) is 0 Å². The van der Waals surface area contributed by atoms with E-state index in [-0.39, 0.29) is 17.0 Å². The van der Waals surface area contributed by atoms with Gasteiger partial charge >= 0.3 is 0 Å². The van der Waals surface area contributed by atoms with E-state index >= 15 is 0 Å². The molecule has 0 saturated heterocycles. The van der Waals surface area contributed by atoms with Crippen molar-refractivity contribution in [1.82, 2.24) is 10.3 Å². The van der Waals surface area contributed by atoms with Gasteiger partial charge in [-0.15, -0.1) is 0 Å². The van der Waals surface area contributed by atoms with Gasteiger partial charge in [0.25, 0.3) is 0 Å². The minimum atomic E-state index is 0.0127. The van der Waals surface area contributed by atoms with Gasteiger partial charge in [-0.1, -0.05) is 51.1 Å². The number of rotatable bonds is 3. The Morgan fingerprint density at radius 3 is 1.96 bits per heavy atom. The summed E-state index contributed by atoms with van der Waals surface area (Å²) in [5, 5.41) is 3.71. The predicted molar refractivity (Wildman–Crippen MR) is 98.8 cm³/mol. The molecule has 0 saturated carbocycles. The van der Waals surface area contributed by atoms with Crippen molar-refractivity contribution in [2.75, 3.05) is 0 Å². The van der Waals surface area contributed by atoms with Gasteiger partial charge in [-0.3, -0.25) is 4.98 Å². The molecule has 0 unspecified atom stereocenters. The molecule has 23 heavy (non-hydrogen) atoms. The molecule has 2 rings (SSSR count). The molecule has 2 nitrogen and oxygen atoms in total. The molecule has 0 spiro atoms. The van der Waals surface area contributed by atoms with Crippen molar-refractivity contribution in [2.24, 2.45) is 0 Å². The molecular weight excluding hydrogens is 280 g/mol. The second-order valence-corrected chi connectivity index (χ2v) is 8.40. The highest BCUT2D eigenvalue weighted by Crippen LogP contribution is 2.27. The SMILES string of the molecule is Cc1cccc([C@@H](NC(C)(C)C)c2ccc(C(C)(C)C)cc2)n1. The third-order valence-electron chi connectivity index (χ3n) is 3.89. The van der Waals surface area contributed by atoms with E-state index in [4.69, 9.17) is 4.98 Å². The van der Waals surface area contributed by atoms with Gasteiger partial charge in [0.2, 0.25) is 0 Å². The quantitative estimate of drug-likeness (QED) is 0.846. The molecule has 2 heteroatoms. The highest BCUT2D eigenvalue weighted by Gasteiger charge is 2.22. The molecule has 0 bridgehead atoms. The van der Waals surface area contributed by atoms with Crippen LogP contribution in [0.3, 0.4) is 0 Å². The number of benzene rings is 1. The fourth-order valence-corrected chi connectivity index (χ4v) is 2.66. The average Bonchev–Trinajstić information content (AvgIpc) is 2.43. The Morgan fingerprint density at radius 2 is 1.48 bits per heavy atom. The Balaban J connectivity index is 2.41. The minimum absolute atomic E-state index is 0.0127. The van der Waals surface area contributed by atoms with Crippen LogP contribution < -0.4 is 5.32 Å². The Hall–Kier alpha value is -1.67. The zero-order valence-corrected chi connectivity index (χ0v) is 15.6. The summed E-state index contributed by atoms with van der Waals surface area (Å²) in [4.78, 5) is 4.74. The summed E-state index contributed by atoms with van der Waals surface area (Å²) >= 11 is 0. The Kier molecular flexibility index (Phi) is 4.95. The van der Waals surface area contributed by atoms with E-state index in [2.05, 4.69) is 83.3 Å². The first-order valence-electron chi connectivity index (χ1n) is 8.38. The van der Waals surface area contributed by atoms with Crippen LogP contribution in [0.2, 0.25) is 0 Å². The minimum Gasteiger partial charge on any atom is -0.300 e. The molecule has 1 aromatic carbocycles. The van der Waals surface area contributed by atoms with E-state index in [0.717, 1.165) is 11.4 Å². The first-order chi connectivity index (χ1) is 10.6. The van der Waals surface area contributed by atoms with Crippen LogP contribution in [0.1, 0.15) is 70.1 Å². The largest absolute Gasteiger partial charge is 0.300 e. The van der Waals surface area contributed by atoms with Crippen LogP contribution in [0.25, 0.3) is 0 Å². The Labute approximate surface area is 141 Å². The number of hydrogen-bond donors (Lipinski definition) is 1. The highest BCUT2D eigenvalue weighted by molar-refractivity contribution is 5.33. The third kappa shape index (κ3) is 4.90. The van der Waals surface area contributed by atoms with Crippen LogP contribution in [-0.4, -0.2) is 10.5 Å². The fraction of sp³-hybridized carbons (Fsp3) is 0.476. The normalized spacial score (nSPS) is 13.9. The molecule has 1 N–H and O–H groups in total. The topological polar surface area (TPSA) is 24.9 Å². The van der Waals surface area contributed by atoms with Gasteiger partial charge < -0.3 is 5.32 Å². The van der Waals surface area contributed by atoms with E-state index in [1.54, 1.807) is 0 Å². The zero-order valence-electron chi connectivity index (χ0n) is 15.6. The summed E-state index contributed by atoms with van der Waals surface area (Å²) in [5.74, 6) is 0. The Morgan fingerprint density at radius 1 is 0.870 bits per heavy atom. The van der Waals surface area contributed by atoms with E-state index in [9.17, 15) is 0 Å². The summed E-state index contributed by atoms with van der Waals surface area (Å²) in [6, 6.07) is 15.3. The lowest BCUT2D eigenvalue weighted by molar-refractivity contribution is 0.387. The molecule has 1 aromatic heterocycles. The van der Waals surface area contributed by atoms with Crippen molar-refractivity contribution in [3.63, 3.8) is 0 Å². The van der Waals surface area contributed by atoms with Crippen molar-refractivity contribution in [2.45, 2.75) is 65.5 Å². The van der Waals surface area contributed by atoms with Gasteiger partial charge in [-0.2, -0.15) is 0 Å². The maximum absolute atomic E-state index is 4.74.